The summed E-state index contributed by atoms with van der Waals surface area (Å²) in [7, 11) is -0.983. The first kappa shape index (κ1) is 34.8. The Morgan fingerprint density at radius 3 is 2.04 bits per heavy atom. The van der Waals surface area contributed by atoms with E-state index in [-0.39, 0.29) is 35.2 Å². The SMILES string of the molecule is COc1ccc(CO[C@H]2[C@@H](C)[C@@H](CCO[Si](c3ccccc3)(c3ccccc3)C(C)(C)C)O[C@@H](/C(C)=C/c3coc(C)n3)[C@@H]2C)cc1. The highest BCUT2D eigenvalue weighted by Crippen LogP contribution is 2.40. The predicted octanol–water partition coefficient (Wildman–Crippen LogP) is 7.99. The monoisotopic (exact) mass is 653 g/mol. The third kappa shape index (κ3) is 7.81. The summed E-state index contributed by atoms with van der Waals surface area (Å²) in [6, 6.07) is 29.7. The van der Waals surface area contributed by atoms with Crippen LogP contribution in [0.3, 0.4) is 0 Å². The molecule has 5 atom stereocenters. The lowest BCUT2D eigenvalue weighted by Gasteiger charge is -2.46. The van der Waals surface area contributed by atoms with Crippen molar-refractivity contribution < 1.29 is 23.1 Å². The zero-order valence-electron chi connectivity index (χ0n) is 29.2. The molecule has 6 nitrogen and oxygen atoms in total. The second-order valence-corrected chi connectivity index (χ2v) is 18.2. The van der Waals surface area contributed by atoms with Gasteiger partial charge in [0.1, 0.15) is 17.7 Å². The lowest BCUT2D eigenvalue weighted by atomic mass is 9.79. The molecule has 0 N–H and O–H groups in total. The van der Waals surface area contributed by atoms with Crippen LogP contribution in [0.4, 0.5) is 0 Å². The lowest BCUT2D eigenvalue weighted by Crippen LogP contribution is -2.66. The minimum Gasteiger partial charge on any atom is -0.497 e. The average molecular weight is 654 g/mol. The normalized spacial score (nSPS) is 22.3. The van der Waals surface area contributed by atoms with E-state index < -0.39 is 8.32 Å². The lowest BCUT2D eigenvalue weighted by molar-refractivity contribution is -0.176. The van der Waals surface area contributed by atoms with Gasteiger partial charge in [0.25, 0.3) is 8.32 Å². The van der Waals surface area contributed by atoms with Crippen molar-refractivity contribution in [2.45, 2.75) is 84.8 Å². The van der Waals surface area contributed by atoms with Gasteiger partial charge >= 0.3 is 0 Å². The molecule has 1 aromatic heterocycles. The van der Waals surface area contributed by atoms with E-state index >= 15 is 0 Å². The van der Waals surface area contributed by atoms with Gasteiger partial charge in [0.15, 0.2) is 5.89 Å². The fraction of sp³-hybridized carbons (Fsp3) is 0.425. The zero-order chi connectivity index (χ0) is 33.6. The highest BCUT2D eigenvalue weighted by atomic mass is 28.4. The number of nitrogens with zero attached hydrogens (tertiary/aromatic N) is 1. The Hall–Kier alpha value is -3.49. The van der Waals surface area contributed by atoms with Gasteiger partial charge < -0.3 is 23.1 Å². The number of aromatic nitrogens is 1. The molecular formula is C40H51NO5Si. The summed E-state index contributed by atoms with van der Waals surface area (Å²) in [5.74, 6) is 1.77. The Bertz CT molecular complexity index is 1540. The van der Waals surface area contributed by atoms with E-state index in [4.69, 9.17) is 23.1 Å². The first-order chi connectivity index (χ1) is 22.5. The van der Waals surface area contributed by atoms with Crippen LogP contribution in [0.15, 0.2) is 101 Å². The molecule has 4 aromatic rings. The Morgan fingerprint density at radius 2 is 1.51 bits per heavy atom. The Balaban J connectivity index is 1.41. The number of hydrogen-bond donors (Lipinski definition) is 0. The van der Waals surface area contributed by atoms with E-state index in [2.05, 4.69) is 125 Å². The van der Waals surface area contributed by atoms with Gasteiger partial charge in [-0.2, -0.15) is 0 Å². The number of benzene rings is 3. The number of hydrogen-bond acceptors (Lipinski definition) is 6. The molecule has 0 unspecified atom stereocenters. The van der Waals surface area contributed by atoms with Gasteiger partial charge in [0.2, 0.25) is 0 Å². The van der Waals surface area contributed by atoms with E-state index in [1.54, 1.807) is 13.4 Å². The number of methoxy groups -OCH3 is 1. The first-order valence-corrected chi connectivity index (χ1v) is 18.7. The molecule has 1 aliphatic heterocycles. The Kier molecular flexibility index (Phi) is 11.2. The molecule has 0 radical (unpaired) electrons. The van der Waals surface area contributed by atoms with Gasteiger partial charge in [0, 0.05) is 25.4 Å². The maximum absolute atomic E-state index is 7.29. The van der Waals surface area contributed by atoms with Gasteiger partial charge in [-0.05, 0) is 58.1 Å². The van der Waals surface area contributed by atoms with Crippen LogP contribution >= 0.6 is 0 Å². The molecule has 7 heteroatoms. The van der Waals surface area contributed by atoms with Crippen LogP contribution in [-0.4, -0.2) is 45.3 Å². The van der Waals surface area contributed by atoms with Crippen molar-refractivity contribution in [2.75, 3.05) is 13.7 Å². The van der Waals surface area contributed by atoms with Crippen molar-refractivity contribution in [1.29, 1.82) is 0 Å². The van der Waals surface area contributed by atoms with Crippen LogP contribution in [0.2, 0.25) is 5.04 Å². The number of oxazole rings is 1. The second kappa shape index (κ2) is 15.2. The molecule has 2 heterocycles. The second-order valence-electron chi connectivity index (χ2n) is 13.9. The molecule has 250 valence electrons. The van der Waals surface area contributed by atoms with Crippen molar-refractivity contribution in [1.82, 2.24) is 4.98 Å². The largest absolute Gasteiger partial charge is 0.497 e. The summed E-state index contributed by atoms with van der Waals surface area (Å²) in [6.07, 6.45) is 4.32. The van der Waals surface area contributed by atoms with Gasteiger partial charge in [-0.25, -0.2) is 4.98 Å². The van der Waals surface area contributed by atoms with E-state index in [0.717, 1.165) is 29.0 Å². The molecule has 47 heavy (non-hydrogen) atoms. The molecule has 0 spiro atoms. The third-order valence-electron chi connectivity index (χ3n) is 9.62. The Morgan fingerprint density at radius 1 is 0.894 bits per heavy atom. The van der Waals surface area contributed by atoms with Crippen LogP contribution < -0.4 is 15.1 Å². The average Bonchev–Trinajstić information content (AvgIpc) is 3.48. The van der Waals surface area contributed by atoms with E-state index in [1.165, 1.54) is 10.4 Å². The fourth-order valence-electron chi connectivity index (χ4n) is 7.22. The van der Waals surface area contributed by atoms with E-state index in [1.807, 2.05) is 19.1 Å². The zero-order valence-corrected chi connectivity index (χ0v) is 30.2. The van der Waals surface area contributed by atoms with Gasteiger partial charge in [-0.3, -0.25) is 0 Å². The topological polar surface area (TPSA) is 63.0 Å². The molecule has 0 amide bonds. The maximum Gasteiger partial charge on any atom is 0.261 e. The van der Waals surface area contributed by atoms with Crippen molar-refractivity contribution >= 4 is 24.8 Å². The number of rotatable bonds is 12. The molecule has 5 rings (SSSR count). The smallest absolute Gasteiger partial charge is 0.261 e. The summed E-state index contributed by atoms with van der Waals surface area (Å²) >= 11 is 0. The first-order valence-electron chi connectivity index (χ1n) is 16.8. The number of ether oxygens (including phenoxy) is 3. The highest BCUT2D eigenvalue weighted by Gasteiger charge is 2.50. The summed E-state index contributed by atoms with van der Waals surface area (Å²) < 4.78 is 31.9. The van der Waals surface area contributed by atoms with Crippen molar-refractivity contribution in [2.24, 2.45) is 11.8 Å². The van der Waals surface area contributed by atoms with Crippen LogP contribution in [0.25, 0.3) is 6.08 Å². The molecule has 0 bridgehead atoms. The van der Waals surface area contributed by atoms with Crippen molar-refractivity contribution in [3.63, 3.8) is 0 Å². The highest BCUT2D eigenvalue weighted by molar-refractivity contribution is 6.99. The molecule has 1 fully saturated rings. The third-order valence-corrected chi connectivity index (χ3v) is 14.7. The van der Waals surface area contributed by atoms with E-state index in [9.17, 15) is 0 Å². The summed E-state index contributed by atoms with van der Waals surface area (Å²) in [5.41, 5.74) is 3.02. The standard InChI is InChI=1S/C40H51NO5Si/c1-28(25-33-27-43-31(4)41-33)38-30(3)39(44-26-32-19-21-34(42-8)22-20-32)29(2)37(46-38)23-24-45-47(40(5,6)7,35-15-11-9-12-16-35)36-17-13-10-14-18-36/h9-22,25,27,29-30,37-39H,23-24,26H2,1-8H3/b28-25+/t29-,30-,37+,38-,39-/m0/s1. The van der Waals surface area contributed by atoms with Crippen LogP contribution in [0.1, 0.15) is 65.1 Å². The molecular weight excluding hydrogens is 603 g/mol. The quantitative estimate of drug-likeness (QED) is 0.145. The maximum atomic E-state index is 7.29. The Labute approximate surface area is 282 Å². The van der Waals surface area contributed by atoms with Gasteiger partial charge in [-0.15, -0.1) is 0 Å². The number of aryl methyl sites for hydroxylation is 1. The van der Waals surface area contributed by atoms with Gasteiger partial charge in [-0.1, -0.05) is 107 Å². The van der Waals surface area contributed by atoms with Crippen LogP contribution in [-0.2, 0) is 20.5 Å². The van der Waals surface area contributed by atoms with Crippen molar-refractivity contribution in [3.05, 3.63) is 114 Å². The van der Waals surface area contributed by atoms with Crippen LogP contribution in [0.5, 0.6) is 5.75 Å². The molecule has 0 saturated carbocycles. The van der Waals surface area contributed by atoms with E-state index in [0.29, 0.717) is 19.1 Å². The molecule has 1 saturated heterocycles. The summed E-state index contributed by atoms with van der Waals surface area (Å²) in [4.78, 5) is 4.52. The van der Waals surface area contributed by atoms with Gasteiger partial charge in [0.05, 0.1) is 32.0 Å². The van der Waals surface area contributed by atoms with Crippen LogP contribution in [0, 0.1) is 18.8 Å². The predicted molar refractivity (Wildman–Crippen MR) is 192 cm³/mol. The summed E-state index contributed by atoms with van der Waals surface area (Å²) in [5, 5.41) is 2.47. The molecule has 1 aliphatic rings. The molecule has 3 aromatic carbocycles. The minimum absolute atomic E-state index is 0.0175. The fourth-order valence-corrected chi connectivity index (χ4v) is 11.8. The molecule has 0 aliphatic carbocycles. The van der Waals surface area contributed by atoms with Crippen molar-refractivity contribution in [3.8, 4) is 5.75 Å². The summed E-state index contributed by atoms with van der Waals surface area (Å²) in [6.45, 7) is 16.5. The minimum atomic E-state index is -2.67.